The average molecular weight is 346 g/mol. The summed E-state index contributed by atoms with van der Waals surface area (Å²) in [4.78, 5) is 23.1. The smallest absolute Gasteiger partial charge is 0.347 e. The molecule has 1 aliphatic rings. The van der Waals surface area contributed by atoms with Crippen LogP contribution in [0.4, 0.5) is 0 Å². The fourth-order valence-electron chi connectivity index (χ4n) is 2.61. The number of fused-ring (bicyclic) bond motifs is 1. The zero-order chi connectivity index (χ0) is 17.6. The van der Waals surface area contributed by atoms with Crippen molar-refractivity contribution in [2.75, 3.05) is 19.7 Å². The molecular formula is C17H22N4O4. The summed E-state index contributed by atoms with van der Waals surface area (Å²) in [5.74, 6) is 1.56. The van der Waals surface area contributed by atoms with Gasteiger partial charge in [0.15, 0.2) is 11.5 Å². The zero-order valence-corrected chi connectivity index (χ0v) is 14.2. The van der Waals surface area contributed by atoms with E-state index in [9.17, 15) is 9.59 Å². The van der Waals surface area contributed by atoms with Crippen LogP contribution in [0.1, 0.15) is 12.8 Å². The molecule has 0 bridgehead atoms. The maximum atomic E-state index is 11.8. The van der Waals surface area contributed by atoms with Gasteiger partial charge in [0.1, 0.15) is 18.9 Å². The largest absolute Gasteiger partial charge is 0.486 e. The molecule has 134 valence electrons. The molecule has 0 fully saturated rings. The summed E-state index contributed by atoms with van der Waals surface area (Å²) >= 11 is 0. The first-order valence-electron chi connectivity index (χ1n) is 8.37. The molecule has 2 aromatic rings. The first-order valence-corrected chi connectivity index (χ1v) is 8.37. The molecule has 1 aromatic carbocycles. The summed E-state index contributed by atoms with van der Waals surface area (Å²) in [6, 6.07) is 7.65. The van der Waals surface area contributed by atoms with Crippen LogP contribution in [-0.4, -0.2) is 40.1 Å². The minimum absolute atomic E-state index is 0.0113. The minimum atomic E-state index is -0.390. The molecule has 1 aromatic heterocycles. The number of rotatable bonds is 7. The number of nitrogens with one attached hydrogen (secondary N) is 1. The molecular weight excluding hydrogens is 324 g/mol. The molecule has 3 rings (SSSR count). The number of nitrogens with zero attached hydrogens (tertiary/aromatic N) is 3. The number of hydrogen-bond donors (Lipinski definition) is 1. The van der Waals surface area contributed by atoms with Crippen molar-refractivity contribution >= 4 is 0 Å². The SMILES string of the molecule is Cn1c(=O)cnn(CCCCNCC2COc3ccccc3O2)c1=O. The van der Waals surface area contributed by atoms with E-state index in [1.165, 1.54) is 11.7 Å². The number of unbranched alkanes of at least 4 members (excludes halogenated alkanes) is 1. The molecule has 0 radical (unpaired) electrons. The Bertz CT molecular complexity index is 830. The Labute approximate surface area is 145 Å². The predicted octanol–water partition coefficient (Wildman–Crippen LogP) is 0.152. The van der Waals surface area contributed by atoms with Crippen molar-refractivity contribution in [3.8, 4) is 11.5 Å². The Balaban J connectivity index is 1.35. The van der Waals surface area contributed by atoms with Gasteiger partial charge in [0.05, 0.1) is 0 Å². The monoisotopic (exact) mass is 346 g/mol. The van der Waals surface area contributed by atoms with E-state index in [1.807, 2.05) is 24.3 Å². The van der Waals surface area contributed by atoms with Crippen LogP contribution >= 0.6 is 0 Å². The van der Waals surface area contributed by atoms with Crippen molar-refractivity contribution in [1.82, 2.24) is 19.7 Å². The Morgan fingerprint density at radius 1 is 1.24 bits per heavy atom. The van der Waals surface area contributed by atoms with E-state index in [2.05, 4.69) is 10.4 Å². The number of ether oxygens (including phenoxy) is 2. The fourth-order valence-corrected chi connectivity index (χ4v) is 2.61. The number of hydrogen-bond acceptors (Lipinski definition) is 6. The second kappa shape index (κ2) is 7.98. The number of aryl methyl sites for hydroxylation is 1. The molecule has 1 aliphatic heterocycles. The van der Waals surface area contributed by atoms with Crippen LogP contribution < -0.4 is 26.0 Å². The van der Waals surface area contributed by atoms with Gasteiger partial charge in [-0.25, -0.2) is 9.48 Å². The van der Waals surface area contributed by atoms with E-state index in [0.717, 1.165) is 41.6 Å². The molecule has 0 amide bonds. The lowest BCUT2D eigenvalue weighted by molar-refractivity contribution is 0.0905. The van der Waals surface area contributed by atoms with Crippen molar-refractivity contribution in [1.29, 1.82) is 0 Å². The Kier molecular flexibility index (Phi) is 5.49. The highest BCUT2D eigenvalue weighted by Crippen LogP contribution is 2.30. The third-order valence-corrected chi connectivity index (χ3v) is 4.06. The molecule has 0 saturated carbocycles. The maximum absolute atomic E-state index is 11.8. The molecule has 0 aliphatic carbocycles. The molecule has 2 heterocycles. The molecule has 0 saturated heterocycles. The van der Waals surface area contributed by atoms with Crippen LogP contribution in [0.2, 0.25) is 0 Å². The van der Waals surface area contributed by atoms with Gasteiger partial charge in [0.2, 0.25) is 0 Å². The van der Waals surface area contributed by atoms with Gasteiger partial charge in [-0.15, -0.1) is 0 Å². The highest BCUT2D eigenvalue weighted by atomic mass is 16.6. The number of aromatic nitrogens is 3. The molecule has 1 N–H and O–H groups in total. The second-order valence-corrected chi connectivity index (χ2v) is 5.96. The topological polar surface area (TPSA) is 87.4 Å². The van der Waals surface area contributed by atoms with Crippen LogP contribution in [-0.2, 0) is 13.6 Å². The fraction of sp³-hybridized carbons (Fsp3) is 0.471. The van der Waals surface area contributed by atoms with Gasteiger partial charge in [-0.1, -0.05) is 12.1 Å². The third kappa shape index (κ3) is 4.27. The van der Waals surface area contributed by atoms with Gasteiger partial charge < -0.3 is 14.8 Å². The summed E-state index contributed by atoms with van der Waals surface area (Å²) in [7, 11) is 1.45. The van der Waals surface area contributed by atoms with Crippen molar-refractivity contribution < 1.29 is 9.47 Å². The summed E-state index contributed by atoms with van der Waals surface area (Å²) in [5, 5.41) is 7.20. The number of benzene rings is 1. The van der Waals surface area contributed by atoms with E-state index in [-0.39, 0.29) is 17.4 Å². The minimum Gasteiger partial charge on any atom is -0.486 e. The van der Waals surface area contributed by atoms with Crippen molar-refractivity contribution in [3.63, 3.8) is 0 Å². The van der Waals surface area contributed by atoms with E-state index >= 15 is 0 Å². The van der Waals surface area contributed by atoms with Gasteiger partial charge in [-0.3, -0.25) is 9.36 Å². The van der Waals surface area contributed by atoms with Crippen LogP contribution in [0.5, 0.6) is 11.5 Å². The normalized spacial score (nSPS) is 16.0. The quantitative estimate of drug-likeness (QED) is 0.718. The maximum Gasteiger partial charge on any atom is 0.347 e. The molecule has 1 atom stereocenters. The van der Waals surface area contributed by atoms with E-state index < -0.39 is 0 Å². The van der Waals surface area contributed by atoms with E-state index in [4.69, 9.17) is 9.47 Å². The van der Waals surface area contributed by atoms with Crippen LogP contribution in [0.25, 0.3) is 0 Å². The predicted molar refractivity (Wildman–Crippen MR) is 92.2 cm³/mol. The van der Waals surface area contributed by atoms with Gasteiger partial charge in [-0.05, 0) is 31.5 Å². The second-order valence-electron chi connectivity index (χ2n) is 5.96. The average Bonchev–Trinajstić information content (AvgIpc) is 2.64. The molecule has 1 unspecified atom stereocenters. The van der Waals surface area contributed by atoms with Gasteiger partial charge in [-0.2, -0.15) is 5.10 Å². The summed E-state index contributed by atoms with van der Waals surface area (Å²) in [5.41, 5.74) is -0.772. The van der Waals surface area contributed by atoms with Crippen molar-refractivity contribution in [2.24, 2.45) is 7.05 Å². The van der Waals surface area contributed by atoms with Crippen molar-refractivity contribution in [2.45, 2.75) is 25.5 Å². The van der Waals surface area contributed by atoms with E-state index in [1.54, 1.807) is 0 Å². The van der Waals surface area contributed by atoms with Gasteiger partial charge >= 0.3 is 5.69 Å². The highest BCUT2D eigenvalue weighted by molar-refractivity contribution is 5.40. The summed E-state index contributed by atoms with van der Waals surface area (Å²) < 4.78 is 13.9. The molecule has 8 heteroatoms. The Hall–Kier alpha value is -2.61. The first-order chi connectivity index (χ1) is 12.1. The summed E-state index contributed by atoms with van der Waals surface area (Å²) in [6.07, 6.45) is 2.84. The summed E-state index contributed by atoms with van der Waals surface area (Å²) in [6.45, 7) is 2.53. The van der Waals surface area contributed by atoms with Crippen LogP contribution in [0.15, 0.2) is 40.1 Å². The molecule has 8 nitrogen and oxygen atoms in total. The first kappa shape index (κ1) is 17.2. The van der Waals surface area contributed by atoms with Crippen LogP contribution in [0, 0.1) is 0 Å². The van der Waals surface area contributed by atoms with Gasteiger partial charge in [0, 0.05) is 20.1 Å². The van der Waals surface area contributed by atoms with Crippen molar-refractivity contribution in [3.05, 3.63) is 51.3 Å². The Morgan fingerprint density at radius 3 is 2.88 bits per heavy atom. The zero-order valence-electron chi connectivity index (χ0n) is 14.2. The lowest BCUT2D eigenvalue weighted by Gasteiger charge is -2.26. The lowest BCUT2D eigenvalue weighted by Crippen LogP contribution is -2.39. The highest BCUT2D eigenvalue weighted by Gasteiger charge is 2.19. The number of para-hydroxylation sites is 2. The van der Waals surface area contributed by atoms with E-state index in [0.29, 0.717) is 19.7 Å². The standard InChI is InChI=1S/C17H22N4O4/c1-20-16(22)11-19-21(17(20)23)9-5-4-8-18-10-13-12-24-14-6-2-3-7-15(14)25-13/h2-3,6-7,11,13,18H,4-5,8-10,12H2,1H3. The van der Waals surface area contributed by atoms with Crippen LogP contribution in [0.3, 0.4) is 0 Å². The molecule has 0 spiro atoms. The third-order valence-electron chi connectivity index (χ3n) is 4.06. The lowest BCUT2D eigenvalue weighted by atomic mass is 10.2. The Morgan fingerprint density at radius 2 is 2.04 bits per heavy atom. The van der Waals surface area contributed by atoms with Gasteiger partial charge in [0.25, 0.3) is 5.56 Å². The molecule has 25 heavy (non-hydrogen) atoms.